The standard InChI is InChI=1S/C20H24ClN3O3S/c1-16-3-5-17(6-4-16)13-22-20(25)15-24-12-2-11-23(28(24,26)27)14-18-7-9-19(21)10-8-18/h3-10H,2,11-15H2,1H3,(H,22,25). The van der Waals surface area contributed by atoms with Crippen molar-refractivity contribution in [3.05, 3.63) is 70.2 Å². The van der Waals surface area contributed by atoms with Gasteiger partial charge in [-0.25, -0.2) is 0 Å². The minimum Gasteiger partial charge on any atom is -0.351 e. The quantitative estimate of drug-likeness (QED) is 0.779. The fraction of sp³-hybridized carbons (Fsp3) is 0.350. The molecule has 150 valence electrons. The first kappa shape index (κ1) is 20.8. The highest BCUT2D eigenvalue weighted by Gasteiger charge is 2.34. The first-order chi connectivity index (χ1) is 13.3. The van der Waals surface area contributed by atoms with Gasteiger partial charge in [-0.3, -0.25) is 4.79 Å². The first-order valence-electron chi connectivity index (χ1n) is 9.16. The smallest absolute Gasteiger partial charge is 0.282 e. The molecule has 0 aliphatic carbocycles. The van der Waals surface area contributed by atoms with Gasteiger partial charge in [0.1, 0.15) is 0 Å². The number of aryl methyl sites for hydroxylation is 1. The molecule has 1 amide bonds. The molecule has 8 heteroatoms. The molecule has 0 saturated carbocycles. The van der Waals surface area contributed by atoms with E-state index in [2.05, 4.69) is 5.32 Å². The molecule has 28 heavy (non-hydrogen) atoms. The molecule has 1 fully saturated rings. The zero-order valence-electron chi connectivity index (χ0n) is 15.8. The predicted octanol–water partition coefficient (Wildman–Crippen LogP) is 2.72. The van der Waals surface area contributed by atoms with Crippen LogP contribution in [0.4, 0.5) is 0 Å². The topological polar surface area (TPSA) is 69.7 Å². The molecule has 0 unspecified atom stereocenters. The van der Waals surface area contributed by atoms with E-state index in [1.807, 2.05) is 43.3 Å². The third kappa shape index (κ3) is 5.32. The molecular weight excluding hydrogens is 398 g/mol. The van der Waals surface area contributed by atoms with Gasteiger partial charge in [-0.1, -0.05) is 53.6 Å². The van der Waals surface area contributed by atoms with E-state index in [0.29, 0.717) is 31.1 Å². The van der Waals surface area contributed by atoms with Crippen molar-refractivity contribution in [1.82, 2.24) is 13.9 Å². The van der Waals surface area contributed by atoms with Crippen molar-refractivity contribution < 1.29 is 13.2 Å². The fourth-order valence-corrected chi connectivity index (χ4v) is 4.82. The first-order valence-corrected chi connectivity index (χ1v) is 10.9. The lowest BCUT2D eigenvalue weighted by Gasteiger charge is -2.34. The van der Waals surface area contributed by atoms with Gasteiger partial charge in [0.2, 0.25) is 5.91 Å². The highest BCUT2D eigenvalue weighted by molar-refractivity contribution is 7.86. The Morgan fingerprint density at radius 1 is 1.00 bits per heavy atom. The summed E-state index contributed by atoms with van der Waals surface area (Å²) in [5.41, 5.74) is 2.98. The van der Waals surface area contributed by atoms with Crippen molar-refractivity contribution in [2.45, 2.75) is 26.4 Å². The summed E-state index contributed by atoms with van der Waals surface area (Å²) < 4.78 is 28.4. The number of nitrogens with one attached hydrogen (secondary N) is 1. The molecule has 0 bridgehead atoms. The van der Waals surface area contributed by atoms with Crippen LogP contribution in [0.1, 0.15) is 23.1 Å². The third-order valence-electron chi connectivity index (χ3n) is 4.67. The van der Waals surface area contributed by atoms with Crippen LogP contribution in [-0.2, 0) is 28.1 Å². The molecule has 0 aromatic heterocycles. The monoisotopic (exact) mass is 421 g/mol. The van der Waals surface area contributed by atoms with E-state index in [1.54, 1.807) is 12.1 Å². The molecule has 6 nitrogen and oxygen atoms in total. The summed E-state index contributed by atoms with van der Waals surface area (Å²) in [6.07, 6.45) is 0.679. The SMILES string of the molecule is Cc1ccc(CNC(=O)CN2CCCN(Cc3ccc(Cl)cc3)S2(=O)=O)cc1. The average Bonchev–Trinajstić information content (AvgIpc) is 2.66. The van der Waals surface area contributed by atoms with Crippen LogP contribution in [0.2, 0.25) is 5.02 Å². The van der Waals surface area contributed by atoms with E-state index in [4.69, 9.17) is 11.6 Å². The van der Waals surface area contributed by atoms with Gasteiger partial charge < -0.3 is 5.32 Å². The predicted molar refractivity (Wildman–Crippen MR) is 110 cm³/mol. The van der Waals surface area contributed by atoms with E-state index in [0.717, 1.165) is 16.7 Å². The van der Waals surface area contributed by atoms with Gasteiger partial charge in [0.05, 0.1) is 6.54 Å². The summed E-state index contributed by atoms with van der Waals surface area (Å²) in [5, 5.41) is 3.40. The summed E-state index contributed by atoms with van der Waals surface area (Å²) in [6, 6.07) is 14.9. The van der Waals surface area contributed by atoms with Crippen LogP contribution in [0.15, 0.2) is 48.5 Å². The van der Waals surface area contributed by atoms with Crippen LogP contribution in [0.3, 0.4) is 0 Å². The molecule has 2 aromatic rings. The molecule has 2 aromatic carbocycles. The lowest BCUT2D eigenvalue weighted by molar-refractivity contribution is -0.121. The molecule has 1 saturated heterocycles. The fourth-order valence-electron chi connectivity index (χ4n) is 3.05. The van der Waals surface area contributed by atoms with E-state index in [-0.39, 0.29) is 19.0 Å². The van der Waals surface area contributed by atoms with Gasteiger partial charge in [-0.05, 0) is 36.6 Å². The van der Waals surface area contributed by atoms with Crippen LogP contribution >= 0.6 is 11.6 Å². The van der Waals surface area contributed by atoms with Crippen LogP contribution in [0.25, 0.3) is 0 Å². The number of hydrogen-bond acceptors (Lipinski definition) is 3. The van der Waals surface area contributed by atoms with Gasteiger partial charge in [0.25, 0.3) is 10.2 Å². The minimum atomic E-state index is -3.68. The molecule has 0 spiro atoms. The van der Waals surface area contributed by atoms with Crippen molar-refractivity contribution >= 4 is 27.7 Å². The minimum absolute atomic E-state index is 0.175. The Kier molecular flexibility index (Phi) is 6.72. The Labute approximate surface area is 171 Å². The Bertz CT molecular complexity index is 915. The normalized spacial score (nSPS) is 17.4. The number of amides is 1. The number of hydrogen-bond donors (Lipinski definition) is 1. The third-order valence-corrected chi connectivity index (χ3v) is 6.85. The second-order valence-electron chi connectivity index (χ2n) is 6.92. The molecule has 1 aliphatic rings. The highest BCUT2D eigenvalue weighted by atomic mass is 35.5. The number of benzene rings is 2. The van der Waals surface area contributed by atoms with Crippen LogP contribution in [0, 0.1) is 6.92 Å². The summed E-state index contributed by atoms with van der Waals surface area (Å²) in [5.74, 6) is -0.308. The average molecular weight is 422 g/mol. The number of rotatable bonds is 6. The van der Waals surface area contributed by atoms with E-state index in [9.17, 15) is 13.2 Å². The molecule has 0 radical (unpaired) electrons. The zero-order valence-corrected chi connectivity index (χ0v) is 17.3. The van der Waals surface area contributed by atoms with Crippen LogP contribution in [0.5, 0.6) is 0 Å². The lowest BCUT2D eigenvalue weighted by atomic mass is 10.1. The van der Waals surface area contributed by atoms with E-state index >= 15 is 0 Å². The Morgan fingerprint density at radius 3 is 2.29 bits per heavy atom. The Morgan fingerprint density at radius 2 is 1.61 bits per heavy atom. The Hall–Kier alpha value is -1.93. The van der Waals surface area contributed by atoms with Crippen molar-refractivity contribution in [3.8, 4) is 0 Å². The van der Waals surface area contributed by atoms with Gasteiger partial charge in [0.15, 0.2) is 0 Å². The molecule has 1 N–H and O–H groups in total. The number of halogens is 1. The van der Waals surface area contributed by atoms with Crippen LogP contribution in [-0.4, -0.2) is 42.6 Å². The highest BCUT2D eigenvalue weighted by Crippen LogP contribution is 2.20. The molecular formula is C20H24ClN3O3S. The number of nitrogens with zero attached hydrogens (tertiary/aromatic N) is 2. The largest absolute Gasteiger partial charge is 0.351 e. The summed E-state index contributed by atoms with van der Waals surface area (Å²) in [7, 11) is -3.68. The number of carbonyl (C=O) groups is 1. The molecule has 0 atom stereocenters. The maximum Gasteiger partial charge on any atom is 0.282 e. The summed E-state index contributed by atoms with van der Waals surface area (Å²) in [4.78, 5) is 12.3. The van der Waals surface area contributed by atoms with Crippen LogP contribution < -0.4 is 5.32 Å². The lowest BCUT2D eigenvalue weighted by Crippen LogP contribution is -2.52. The molecule has 1 aliphatic heterocycles. The number of carbonyl (C=O) groups excluding carboxylic acids is 1. The van der Waals surface area contributed by atoms with Gasteiger partial charge >= 0.3 is 0 Å². The maximum absolute atomic E-state index is 12.9. The molecule has 1 heterocycles. The van der Waals surface area contributed by atoms with Gasteiger partial charge in [0, 0.05) is 31.2 Å². The summed E-state index contributed by atoms with van der Waals surface area (Å²) >= 11 is 5.89. The Balaban J connectivity index is 1.59. The van der Waals surface area contributed by atoms with Gasteiger partial charge in [-0.2, -0.15) is 17.0 Å². The second-order valence-corrected chi connectivity index (χ2v) is 9.28. The van der Waals surface area contributed by atoms with Crippen molar-refractivity contribution in [3.63, 3.8) is 0 Å². The van der Waals surface area contributed by atoms with Crippen molar-refractivity contribution in [1.29, 1.82) is 0 Å². The summed E-state index contributed by atoms with van der Waals surface area (Å²) in [6.45, 7) is 3.25. The van der Waals surface area contributed by atoms with E-state index < -0.39 is 10.2 Å². The van der Waals surface area contributed by atoms with E-state index in [1.165, 1.54) is 8.61 Å². The van der Waals surface area contributed by atoms with Crippen molar-refractivity contribution in [2.24, 2.45) is 0 Å². The molecule has 3 rings (SSSR count). The zero-order chi connectivity index (χ0) is 20.1. The second kappa shape index (κ2) is 9.05. The van der Waals surface area contributed by atoms with Gasteiger partial charge in [-0.15, -0.1) is 0 Å². The maximum atomic E-state index is 12.9. The van der Waals surface area contributed by atoms with Crippen molar-refractivity contribution in [2.75, 3.05) is 19.6 Å².